The molecule has 2 heterocycles. The van der Waals surface area contributed by atoms with E-state index in [4.69, 9.17) is 0 Å². The van der Waals surface area contributed by atoms with Gasteiger partial charge in [0.1, 0.15) is 11.3 Å². The van der Waals surface area contributed by atoms with E-state index in [-0.39, 0.29) is 11.3 Å². The summed E-state index contributed by atoms with van der Waals surface area (Å²) < 4.78 is 2.59. The molecule has 0 saturated heterocycles. The summed E-state index contributed by atoms with van der Waals surface area (Å²) in [5, 5.41) is 14.0. The molecule has 2 aromatic heterocycles. The number of amides is 1. The molecule has 0 bridgehead atoms. The second-order valence-electron chi connectivity index (χ2n) is 7.67. The number of benzene rings is 2. The van der Waals surface area contributed by atoms with E-state index in [1.54, 1.807) is 4.57 Å². The van der Waals surface area contributed by atoms with Crippen LogP contribution < -0.4 is 10.9 Å². The molecule has 0 aliphatic heterocycles. The van der Waals surface area contributed by atoms with Gasteiger partial charge in [-0.1, -0.05) is 53.8 Å². The Bertz CT molecular complexity index is 1310. The van der Waals surface area contributed by atoms with Crippen LogP contribution in [-0.4, -0.2) is 20.6 Å². The Hall–Kier alpha value is -3.45. The number of pyridine rings is 1. The number of aromatic nitrogens is 2. The molecule has 31 heavy (non-hydrogen) atoms. The van der Waals surface area contributed by atoms with Crippen molar-refractivity contribution in [2.24, 2.45) is 0 Å². The van der Waals surface area contributed by atoms with E-state index in [1.807, 2.05) is 54.6 Å². The van der Waals surface area contributed by atoms with Crippen LogP contribution in [0.3, 0.4) is 0 Å². The number of aromatic hydroxyl groups is 1. The second kappa shape index (κ2) is 8.00. The van der Waals surface area contributed by atoms with Gasteiger partial charge in [0.2, 0.25) is 0 Å². The number of para-hydroxylation sites is 1. The Kier molecular flexibility index (Phi) is 5.03. The van der Waals surface area contributed by atoms with Gasteiger partial charge >= 0.3 is 0 Å². The molecule has 0 unspecified atom stereocenters. The lowest BCUT2D eigenvalue weighted by molar-refractivity contribution is 0.102. The Morgan fingerprint density at radius 3 is 2.61 bits per heavy atom. The normalized spacial score (nSPS) is 13.2. The third kappa shape index (κ3) is 3.61. The highest BCUT2D eigenvalue weighted by Gasteiger charge is 2.27. The average molecular weight is 432 g/mol. The van der Waals surface area contributed by atoms with Gasteiger partial charge in [-0.15, -0.1) is 0 Å². The molecule has 156 valence electrons. The van der Waals surface area contributed by atoms with Gasteiger partial charge in [0.25, 0.3) is 11.5 Å². The van der Waals surface area contributed by atoms with E-state index in [9.17, 15) is 14.7 Å². The summed E-state index contributed by atoms with van der Waals surface area (Å²) >= 11 is 1.33. The van der Waals surface area contributed by atoms with E-state index < -0.39 is 11.5 Å². The van der Waals surface area contributed by atoms with Crippen LogP contribution in [0.2, 0.25) is 0 Å². The largest absolute Gasteiger partial charge is 0.507 e. The summed E-state index contributed by atoms with van der Waals surface area (Å²) in [7, 11) is 0. The monoisotopic (exact) mass is 431 g/mol. The van der Waals surface area contributed by atoms with Gasteiger partial charge in [0.05, 0.1) is 16.8 Å². The lowest BCUT2D eigenvalue weighted by atomic mass is 9.92. The maximum atomic E-state index is 13.4. The standard InChI is InChI=1S/C24H21N3O3S/c28-21-16-10-4-6-12-18(16)27(14-15-8-2-1-3-9-15)23(30)20(21)22(29)26-24-25-17-11-5-7-13-19(17)31-24/h1-3,5,7-9,11,13,28H,4,6,10,12,14H2,(H,25,26,29). The molecule has 7 heteroatoms. The third-order valence-corrected chi connectivity index (χ3v) is 6.62. The van der Waals surface area contributed by atoms with Crippen LogP contribution in [0.25, 0.3) is 10.2 Å². The Morgan fingerprint density at radius 1 is 1.06 bits per heavy atom. The molecule has 0 spiro atoms. The van der Waals surface area contributed by atoms with E-state index in [0.717, 1.165) is 34.3 Å². The van der Waals surface area contributed by atoms with Crippen LogP contribution in [0.15, 0.2) is 59.4 Å². The summed E-state index contributed by atoms with van der Waals surface area (Å²) in [4.78, 5) is 30.9. The minimum atomic E-state index is -0.628. The van der Waals surface area contributed by atoms with E-state index in [0.29, 0.717) is 30.1 Å². The van der Waals surface area contributed by atoms with Crippen molar-refractivity contribution in [3.63, 3.8) is 0 Å². The predicted molar refractivity (Wildman–Crippen MR) is 122 cm³/mol. The van der Waals surface area contributed by atoms with Crippen molar-refractivity contribution in [2.75, 3.05) is 5.32 Å². The number of carbonyl (C=O) groups is 1. The first-order chi connectivity index (χ1) is 15.1. The smallest absolute Gasteiger partial charge is 0.267 e. The highest BCUT2D eigenvalue weighted by Crippen LogP contribution is 2.32. The van der Waals surface area contributed by atoms with Crippen LogP contribution in [0.4, 0.5) is 5.13 Å². The number of nitrogens with one attached hydrogen (secondary N) is 1. The topological polar surface area (TPSA) is 84.2 Å². The fourth-order valence-electron chi connectivity index (χ4n) is 4.18. The zero-order valence-corrected chi connectivity index (χ0v) is 17.6. The maximum Gasteiger partial charge on any atom is 0.267 e. The highest BCUT2D eigenvalue weighted by atomic mass is 32.1. The lowest BCUT2D eigenvalue weighted by Gasteiger charge is -2.23. The van der Waals surface area contributed by atoms with E-state index in [1.165, 1.54) is 11.3 Å². The number of hydrogen-bond acceptors (Lipinski definition) is 5. The minimum Gasteiger partial charge on any atom is -0.507 e. The molecule has 0 atom stereocenters. The molecule has 0 saturated carbocycles. The summed E-state index contributed by atoms with van der Waals surface area (Å²) in [6.45, 7) is 0.365. The maximum absolute atomic E-state index is 13.4. The fourth-order valence-corrected chi connectivity index (χ4v) is 5.04. The average Bonchev–Trinajstić information content (AvgIpc) is 3.19. The van der Waals surface area contributed by atoms with Gasteiger partial charge in [-0.25, -0.2) is 4.98 Å². The zero-order chi connectivity index (χ0) is 21.4. The molecule has 2 N–H and O–H groups in total. The zero-order valence-electron chi connectivity index (χ0n) is 16.8. The summed E-state index contributed by atoms with van der Waals surface area (Å²) in [5.74, 6) is -0.820. The molecule has 2 aromatic carbocycles. The minimum absolute atomic E-state index is 0.192. The van der Waals surface area contributed by atoms with Crippen molar-refractivity contribution in [3.8, 4) is 5.75 Å². The predicted octanol–water partition coefficient (Wildman–Crippen LogP) is 4.34. The molecular formula is C24H21N3O3S. The molecule has 5 rings (SSSR count). The van der Waals surface area contributed by atoms with Crippen molar-refractivity contribution in [3.05, 3.63) is 87.3 Å². The molecule has 1 amide bonds. The Labute approximate surface area is 182 Å². The third-order valence-electron chi connectivity index (χ3n) is 5.67. The van der Waals surface area contributed by atoms with E-state index in [2.05, 4.69) is 10.3 Å². The Morgan fingerprint density at radius 2 is 1.81 bits per heavy atom. The fraction of sp³-hybridized carbons (Fsp3) is 0.208. The first kappa shape index (κ1) is 19.5. The van der Waals surface area contributed by atoms with Gasteiger partial charge in [0.15, 0.2) is 5.13 Å². The van der Waals surface area contributed by atoms with E-state index >= 15 is 0 Å². The van der Waals surface area contributed by atoms with Gasteiger partial charge in [0, 0.05) is 11.3 Å². The summed E-state index contributed by atoms with van der Waals surface area (Å²) in [6.07, 6.45) is 3.24. The van der Waals surface area contributed by atoms with Gasteiger partial charge < -0.3 is 9.67 Å². The summed E-state index contributed by atoms with van der Waals surface area (Å²) in [6, 6.07) is 17.3. The van der Waals surface area contributed by atoms with Crippen LogP contribution in [0.5, 0.6) is 5.75 Å². The molecule has 1 aliphatic rings. The molecule has 6 nitrogen and oxygen atoms in total. The Balaban J connectivity index is 1.58. The molecule has 1 aliphatic carbocycles. The molecular weight excluding hydrogens is 410 g/mol. The lowest BCUT2D eigenvalue weighted by Crippen LogP contribution is -2.34. The number of anilines is 1. The summed E-state index contributed by atoms with van der Waals surface area (Å²) in [5.41, 5.74) is 2.60. The number of thiazole rings is 1. The molecule has 0 fully saturated rings. The van der Waals surface area contributed by atoms with Crippen molar-refractivity contribution in [1.82, 2.24) is 9.55 Å². The SMILES string of the molecule is O=C(Nc1nc2ccccc2s1)c1c(O)c2c(n(Cc3ccccc3)c1=O)CCCC2. The van der Waals surface area contributed by atoms with Crippen molar-refractivity contribution >= 4 is 32.6 Å². The van der Waals surface area contributed by atoms with Gasteiger partial charge in [-0.2, -0.15) is 0 Å². The quantitative estimate of drug-likeness (QED) is 0.503. The molecule has 4 aromatic rings. The van der Waals surface area contributed by atoms with Gasteiger partial charge in [-0.3, -0.25) is 14.9 Å². The number of fused-ring (bicyclic) bond motifs is 2. The highest BCUT2D eigenvalue weighted by molar-refractivity contribution is 7.22. The first-order valence-electron chi connectivity index (χ1n) is 10.3. The first-order valence-corrected chi connectivity index (χ1v) is 11.1. The second-order valence-corrected chi connectivity index (χ2v) is 8.70. The number of rotatable bonds is 4. The number of hydrogen-bond donors (Lipinski definition) is 2. The molecule has 0 radical (unpaired) electrons. The van der Waals surface area contributed by atoms with Crippen LogP contribution >= 0.6 is 11.3 Å². The van der Waals surface area contributed by atoms with Crippen LogP contribution in [-0.2, 0) is 19.4 Å². The van der Waals surface area contributed by atoms with Crippen LogP contribution in [0, 0.1) is 0 Å². The van der Waals surface area contributed by atoms with Gasteiger partial charge in [-0.05, 0) is 43.4 Å². The number of carbonyl (C=O) groups excluding carboxylic acids is 1. The van der Waals surface area contributed by atoms with Crippen molar-refractivity contribution < 1.29 is 9.90 Å². The number of nitrogens with zero attached hydrogens (tertiary/aromatic N) is 2. The van der Waals surface area contributed by atoms with Crippen molar-refractivity contribution in [1.29, 1.82) is 0 Å². The van der Waals surface area contributed by atoms with Crippen LogP contribution in [0.1, 0.15) is 40.0 Å². The van der Waals surface area contributed by atoms with Crippen molar-refractivity contribution in [2.45, 2.75) is 32.2 Å².